The largest absolute Gasteiger partial charge is 0.338 e. The quantitative estimate of drug-likeness (QED) is 0.860. The van der Waals surface area contributed by atoms with E-state index in [0.29, 0.717) is 18.3 Å². The van der Waals surface area contributed by atoms with E-state index in [-0.39, 0.29) is 6.04 Å². The molecule has 2 aromatic rings. The molecule has 1 atom stereocenters. The molecular formula is C14H20N4O. The van der Waals surface area contributed by atoms with Gasteiger partial charge in [0.25, 0.3) is 0 Å². The summed E-state index contributed by atoms with van der Waals surface area (Å²) in [5.41, 5.74) is 7.11. The molecule has 5 heteroatoms. The van der Waals surface area contributed by atoms with E-state index in [1.54, 1.807) is 0 Å². The van der Waals surface area contributed by atoms with Crippen molar-refractivity contribution in [3.8, 4) is 0 Å². The molecule has 0 aliphatic rings. The fourth-order valence-corrected chi connectivity index (χ4v) is 1.91. The fraction of sp³-hybridized carbons (Fsp3) is 0.429. The second-order valence-electron chi connectivity index (χ2n) is 4.40. The van der Waals surface area contributed by atoms with Crippen LogP contribution in [0.15, 0.2) is 34.9 Å². The van der Waals surface area contributed by atoms with Crippen LogP contribution in [0.3, 0.4) is 0 Å². The maximum absolute atomic E-state index is 6.13. The minimum Gasteiger partial charge on any atom is -0.338 e. The van der Waals surface area contributed by atoms with Gasteiger partial charge in [0.05, 0.1) is 12.6 Å². The Balaban J connectivity index is 2.08. The molecular weight excluding hydrogens is 240 g/mol. The molecule has 5 nitrogen and oxygen atoms in total. The Hall–Kier alpha value is -1.72. The van der Waals surface area contributed by atoms with Gasteiger partial charge in [-0.2, -0.15) is 4.98 Å². The van der Waals surface area contributed by atoms with Crippen molar-refractivity contribution in [3.63, 3.8) is 0 Å². The Morgan fingerprint density at radius 3 is 2.53 bits per heavy atom. The highest BCUT2D eigenvalue weighted by Crippen LogP contribution is 2.16. The monoisotopic (exact) mass is 260 g/mol. The molecule has 0 saturated heterocycles. The standard InChI is InChI=1S/C14H20N4O/c1-3-18(4-2)10-12-16-14(17-19-12)13(15)11-8-6-5-7-9-11/h5-9,13H,3-4,10,15H2,1-2H3/t13-/m1/s1. The van der Waals surface area contributed by atoms with E-state index in [4.69, 9.17) is 10.3 Å². The van der Waals surface area contributed by atoms with Crippen LogP contribution in [0, 0.1) is 0 Å². The molecule has 0 saturated carbocycles. The Morgan fingerprint density at radius 1 is 1.21 bits per heavy atom. The van der Waals surface area contributed by atoms with Crippen LogP contribution in [-0.4, -0.2) is 28.1 Å². The molecule has 0 fully saturated rings. The van der Waals surface area contributed by atoms with Gasteiger partial charge >= 0.3 is 0 Å². The third-order valence-corrected chi connectivity index (χ3v) is 3.17. The van der Waals surface area contributed by atoms with Gasteiger partial charge in [-0.25, -0.2) is 0 Å². The highest BCUT2D eigenvalue weighted by Gasteiger charge is 2.16. The molecule has 0 spiro atoms. The van der Waals surface area contributed by atoms with Crippen LogP contribution in [-0.2, 0) is 6.54 Å². The summed E-state index contributed by atoms with van der Waals surface area (Å²) in [4.78, 5) is 6.59. The van der Waals surface area contributed by atoms with Crippen LogP contribution in [0.4, 0.5) is 0 Å². The Morgan fingerprint density at radius 2 is 1.89 bits per heavy atom. The number of hydrogen-bond acceptors (Lipinski definition) is 5. The topological polar surface area (TPSA) is 68.2 Å². The maximum Gasteiger partial charge on any atom is 0.240 e. The minimum atomic E-state index is -0.338. The number of nitrogens with zero attached hydrogens (tertiary/aromatic N) is 3. The first-order valence-electron chi connectivity index (χ1n) is 6.60. The van der Waals surface area contributed by atoms with Crippen molar-refractivity contribution in [2.75, 3.05) is 13.1 Å². The lowest BCUT2D eigenvalue weighted by Gasteiger charge is -2.14. The Bertz CT molecular complexity index is 493. The van der Waals surface area contributed by atoms with Crippen molar-refractivity contribution in [1.82, 2.24) is 15.0 Å². The lowest BCUT2D eigenvalue weighted by molar-refractivity contribution is 0.246. The van der Waals surface area contributed by atoms with Gasteiger partial charge in [-0.1, -0.05) is 49.3 Å². The number of hydrogen-bond donors (Lipinski definition) is 1. The molecule has 102 valence electrons. The highest BCUT2D eigenvalue weighted by atomic mass is 16.5. The van der Waals surface area contributed by atoms with Gasteiger partial charge in [-0.05, 0) is 18.7 Å². The zero-order valence-electron chi connectivity index (χ0n) is 11.4. The van der Waals surface area contributed by atoms with Gasteiger partial charge in [0.1, 0.15) is 0 Å². The fourth-order valence-electron chi connectivity index (χ4n) is 1.91. The Kier molecular flexibility index (Phi) is 4.65. The molecule has 0 bridgehead atoms. The predicted molar refractivity (Wildman–Crippen MR) is 73.4 cm³/mol. The van der Waals surface area contributed by atoms with E-state index < -0.39 is 0 Å². The lowest BCUT2D eigenvalue weighted by Crippen LogP contribution is -2.22. The van der Waals surface area contributed by atoms with Crippen molar-refractivity contribution in [2.45, 2.75) is 26.4 Å². The van der Waals surface area contributed by atoms with Gasteiger partial charge < -0.3 is 10.3 Å². The second-order valence-corrected chi connectivity index (χ2v) is 4.40. The van der Waals surface area contributed by atoms with Crippen LogP contribution in [0.5, 0.6) is 0 Å². The van der Waals surface area contributed by atoms with Gasteiger partial charge in [0, 0.05) is 0 Å². The number of nitrogens with two attached hydrogens (primary N) is 1. The normalized spacial score (nSPS) is 12.8. The van der Waals surface area contributed by atoms with Crippen LogP contribution in [0.2, 0.25) is 0 Å². The van der Waals surface area contributed by atoms with Crippen molar-refractivity contribution >= 4 is 0 Å². The van der Waals surface area contributed by atoms with Gasteiger partial charge in [-0.3, -0.25) is 4.90 Å². The molecule has 2 N–H and O–H groups in total. The van der Waals surface area contributed by atoms with E-state index in [2.05, 4.69) is 28.9 Å². The zero-order chi connectivity index (χ0) is 13.7. The predicted octanol–water partition coefficient (Wildman–Crippen LogP) is 1.96. The van der Waals surface area contributed by atoms with Crippen molar-refractivity contribution in [1.29, 1.82) is 0 Å². The molecule has 19 heavy (non-hydrogen) atoms. The summed E-state index contributed by atoms with van der Waals surface area (Å²) < 4.78 is 5.26. The molecule has 0 amide bonds. The van der Waals surface area contributed by atoms with E-state index >= 15 is 0 Å². The number of aromatic nitrogens is 2. The first kappa shape index (κ1) is 13.7. The molecule has 1 heterocycles. The molecule has 0 unspecified atom stereocenters. The zero-order valence-corrected chi connectivity index (χ0v) is 11.4. The summed E-state index contributed by atoms with van der Waals surface area (Å²) in [6.07, 6.45) is 0. The SMILES string of the molecule is CCN(CC)Cc1nc([C@H](N)c2ccccc2)no1. The van der Waals surface area contributed by atoms with E-state index in [1.165, 1.54) is 0 Å². The van der Waals surface area contributed by atoms with Crippen LogP contribution in [0.25, 0.3) is 0 Å². The van der Waals surface area contributed by atoms with Gasteiger partial charge in [-0.15, -0.1) is 0 Å². The number of benzene rings is 1. The van der Waals surface area contributed by atoms with Gasteiger partial charge in [0.2, 0.25) is 5.89 Å². The smallest absolute Gasteiger partial charge is 0.240 e. The van der Waals surface area contributed by atoms with E-state index in [9.17, 15) is 0 Å². The van der Waals surface area contributed by atoms with Crippen LogP contribution < -0.4 is 5.73 Å². The average molecular weight is 260 g/mol. The second kappa shape index (κ2) is 6.45. The number of rotatable bonds is 6. The van der Waals surface area contributed by atoms with Gasteiger partial charge in [0.15, 0.2) is 5.82 Å². The minimum absolute atomic E-state index is 0.338. The third kappa shape index (κ3) is 3.39. The molecule has 0 aliphatic heterocycles. The van der Waals surface area contributed by atoms with E-state index in [0.717, 1.165) is 18.7 Å². The van der Waals surface area contributed by atoms with Crippen LogP contribution in [0.1, 0.15) is 37.2 Å². The maximum atomic E-state index is 6.13. The van der Waals surface area contributed by atoms with Crippen LogP contribution >= 0.6 is 0 Å². The summed E-state index contributed by atoms with van der Waals surface area (Å²) in [5, 5.41) is 3.98. The summed E-state index contributed by atoms with van der Waals surface area (Å²) in [6, 6.07) is 9.45. The third-order valence-electron chi connectivity index (χ3n) is 3.17. The van der Waals surface area contributed by atoms with E-state index in [1.807, 2.05) is 30.3 Å². The van der Waals surface area contributed by atoms with Crippen molar-refractivity contribution in [3.05, 3.63) is 47.6 Å². The summed E-state index contributed by atoms with van der Waals surface area (Å²) >= 11 is 0. The Labute approximate surface area is 113 Å². The average Bonchev–Trinajstić information content (AvgIpc) is 2.93. The molecule has 2 rings (SSSR count). The molecule has 0 radical (unpaired) electrons. The summed E-state index contributed by atoms with van der Waals surface area (Å²) in [7, 11) is 0. The first-order valence-corrected chi connectivity index (χ1v) is 6.60. The molecule has 0 aliphatic carbocycles. The van der Waals surface area contributed by atoms with Crippen molar-refractivity contribution in [2.24, 2.45) is 5.73 Å². The summed E-state index contributed by atoms with van der Waals surface area (Å²) in [6.45, 7) is 6.80. The molecule has 1 aromatic carbocycles. The summed E-state index contributed by atoms with van der Waals surface area (Å²) in [5.74, 6) is 1.15. The first-order chi connectivity index (χ1) is 9.24. The lowest BCUT2D eigenvalue weighted by atomic mass is 10.1. The molecule has 1 aromatic heterocycles. The van der Waals surface area contributed by atoms with Crippen molar-refractivity contribution < 1.29 is 4.52 Å². The highest BCUT2D eigenvalue weighted by molar-refractivity contribution is 5.23.